The maximum atomic E-state index is 6.51. The van der Waals surface area contributed by atoms with E-state index >= 15 is 0 Å². The Bertz CT molecular complexity index is 468. The summed E-state index contributed by atoms with van der Waals surface area (Å²) >= 11 is 10.1. The van der Waals surface area contributed by atoms with Crippen molar-refractivity contribution in [1.82, 2.24) is 0 Å². The Kier molecular flexibility index (Phi) is 3.19. The van der Waals surface area contributed by atoms with Crippen molar-refractivity contribution in [3.05, 3.63) is 43.3 Å². The van der Waals surface area contributed by atoms with E-state index < -0.39 is 0 Å². The number of thiophene rings is 2. The van der Waals surface area contributed by atoms with E-state index in [4.69, 9.17) is 11.6 Å². The smallest absolute Gasteiger partial charge is 0.0856 e. The Morgan fingerprint density at radius 1 is 1.13 bits per heavy atom. The van der Waals surface area contributed by atoms with Gasteiger partial charge < -0.3 is 0 Å². The van der Waals surface area contributed by atoms with E-state index in [-0.39, 0.29) is 5.38 Å². The summed E-state index contributed by atoms with van der Waals surface area (Å²) in [4.78, 5) is 2.67. The van der Waals surface area contributed by atoms with Crippen LogP contribution in [0.5, 0.6) is 0 Å². The molecule has 0 nitrogen and oxygen atoms in total. The minimum absolute atomic E-state index is 0.0150. The van der Waals surface area contributed by atoms with Crippen LogP contribution < -0.4 is 0 Å². The van der Waals surface area contributed by atoms with Gasteiger partial charge in [0.25, 0.3) is 0 Å². The summed E-state index contributed by atoms with van der Waals surface area (Å²) in [7, 11) is 0. The average Bonchev–Trinajstić information content (AvgIpc) is 2.71. The lowest BCUT2D eigenvalue weighted by molar-refractivity contribution is 1.12. The van der Waals surface area contributed by atoms with Crippen LogP contribution in [0.1, 0.15) is 31.8 Å². The van der Waals surface area contributed by atoms with Crippen LogP contribution in [0, 0.1) is 20.8 Å². The summed E-state index contributed by atoms with van der Waals surface area (Å²) < 4.78 is 0. The summed E-state index contributed by atoms with van der Waals surface area (Å²) in [5.74, 6) is 0. The third kappa shape index (κ3) is 2.12. The van der Waals surface area contributed by atoms with Crippen LogP contribution in [0.25, 0.3) is 0 Å². The van der Waals surface area contributed by atoms with Crippen molar-refractivity contribution >= 4 is 34.3 Å². The van der Waals surface area contributed by atoms with Crippen molar-refractivity contribution in [1.29, 1.82) is 0 Å². The highest BCUT2D eigenvalue weighted by atomic mass is 35.5. The molecule has 2 heterocycles. The van der Waals surface area contributed by atoms with Gasteiger partial charge in [0.05, 0.1) is 5.38 Å². The Labute approximate surface area is 104 Å². The summed E-state index contributed by atoms with van der Waals surface area (Å²) in [5.41, 5.74) is 3.81. The fraction of sp³-hybridized carbons (Fsp3) is 0.333. The van der Waals surface area contributed by atoms with Crippen LogP contribution in [-0.4, -0.2) is 0 Å². The summed E-state index contributed by atoms with van der Waals surface area (Å²) in [6.45, 7) is 6.39. The predicted octanol–water partition coefficient (Wildman–Crippen LogP) is 5.06. The summed E-state index contributed by atoms with van der Waals surface area (Å²) in [6.07, 6.45) is 0. The first-order valence-electron chi connectivity index (χ1n) is 4.83. The molecule has 0 aliphatic carbocycles. The van der Waals surface area contributed by atoms with E-state index in [9.17, 15) is 0 Å². The molecule has 1 atom stereocenters. The fourth-order valence-corrected chi connectivity index (χ4v) is 4.14. The van der Waals surface area contributed by atoms with Crippen LogP contribution >= 0.6 is 34.3 Å². The topological polar surface area (TPSA) is 0 Å². The van der Waals surface area contributed by atoms with Crippen molar-refractivity contribution < 1.29 is 0 Å². The molecule has 1 unspecified atom stereocenters. The zero-order chi connectivity index (χ0) is 11.0. The van der Waals surface area contributed by atoms with Crippen molar-refractivity contribution in [2.45, 2.75) is 26.1 Å². The van der Waals surface area contributed by atoms with Crippen molar-refractivity contribution in [2.75, 3.05) is 0 Å². The second-order valence-corrected chi connectivity index (χ2v) is 6.38. The van der Waals surface area contributed by atoms with E-state index in [0.29, 0.717) is 0 Å². The molecule has 0 spiro atoms. The molecule has 0 aliphatic rings. The van der Waals surface area contributed by atoms with E-state index in [2.05, 4.69) is 37.6 Å². The van der Waals surface area contributed by atoms with Crippen molar-refractivity contribution in [3.63, 3.8) is 0 Å². The lowest BCUT2D eigenvalue weighted by Crippen LogP contribution is -1.92. The second kappa shape index (κ2) is 4.28. The van der Waals surface area contributed by atoms with Gasteiger partial charge in [0.2, 0.25) is 0 Å². The van der Waals surface area contributed by atoms with E-state index in [0.717, 1.165) is 0 Å². The SMILES string of the molecule is Cc1cc(C(Cl)c2cscc2C)c(C)s1. The minimum atomic E-state index is 0.0150. The first kappa shape index (κ1) is 11.2. The molecule has 0 fully saturated rings. The molecular weight excluding hydrogens is 244 g/mol. The fourth-order valence-electron chi connectivity index (χ4n) is 1.70. The van der Waals surface area contributed by atoms with Gasteiger partial charge in [-0.25, -0.2) is 0 Å². The Hall–Kier alpha value is -0.310. The summed E-state index contributed by atoms with van der Waals surface area (Å²) in [5, 5.41) is 4.32. The van der Waals surface area contributed by atoms with Gasteiger partial charge in [0, 0.05) is 9.75 Å². The van der Waals surface area contributed by atoms with Gasteiger partial charge >= 0.3 is 0 Å². The first-order valence-corrected chi connectivity index (χ1v) is 7.03. The molecule has 15 heavy (non-hydrogen) atoms. The zero-order valence-corrected chi connectivity index (χ0v) is 11.4. The summed E-state index contributed by atoms with van der Waals surface area (Å²) in [6, 6.07) is 2.20. The molecule has 2 rings (SSSR count). The number of alkyl halides is 1. The third-order valence-corrected chi connectivity index (χ3v) is 4.85. The maximum Gasteiger partial charge on any atom is 0.0856 e. The van der Waals surface area contributed by atoms with Crippen molar-refractivity contribution in [3.8, 4) is 0 Å². The Morgan fingerprint density at radius 2 is 1.87 bits per heavy atom. The van der Waals surface area contributed by atoms with Crippen LogP contribution in [0.2, 0.25) is 0 Å². The minimum Gasteiger partial charge on any atom is -0.152 e. The van der Waals surface area contributed by atoms with Gasteiger partial charge in [0.15, 0.2) is 0 Å². The Balaban J connectivity index is 2.40. The van der Waals surface area contributed by atoms with Crippen LogP contribution in [-0.2, 0) is 0 Å². The van der Waals surface area contributed by atoms with Gasteiger partial charge in [-0.05, 0) is 54.3 Å². The van der Waals surface area contributed by atoms with Crippen LogP contribution in [0.15, 0.2) is 16.8 Å². The highest BCUT2D eigenvalue weighted by molar-refractivity contribution is 7.12. The molecule has 0 bridgehead atoms. The van der Waals surface area contributed by atoms with Gasteiger partial charge in [-0.15, -0.1) is 22.9 Å². The number of rotatable bonds is 2. The molecular formula is C12H13ClS2. The largest absolute Gasteiger partial charge is 0.152 e. The van der Waals surface area contributed by atoms with Gasteiger partial charge in [0.1, 0.15) is 0 Å². The standard InChI is InChI=1S/C12H13ClS2/c1-7-5-14-6-11(7)12(13)10-4-8(2)15-9(10)3/h4-6,12H,1-3H3. The van der Waals surface area contributed by atoms with E-state index in [1.165, 1.54) is 26.4 Å². The quantitative estimate of drug-likeness (QED) is 0.659. The molecule has 0 aromatic carbocycles. The number of hydrogen-bond acceptors (Lipinski definition) is 2. The highest BCUT2D eigenvalue weighted by Crippen LogP contribution is 2.37. The van der Waals surface area contributed by atoms with Crippen molar-refractivity contribution in [2.24, 2.45) is 0 Å². The number of halogens is 1. The zero-order valence-electron chi connectivity index (χ0n) is 9.00. The average molecular weight is 257 g/mol. The molecule has 0 N–H and O–H groups in total. The molecule has 0 saturated heterocycles. The highest BCUT2D eigenvalue weighted by Gasteiger charge is 2.17. The number of hydrogen-bond donors (Lipinski definition) is 0. The predicted molar refractivity (Wildman–Crippen MR) is 70.5 cm³/mol. The second-order valence-electron chi connectivity index (χ2n) is 3.74. The monoisotopic (exact) mass is 256 g/mol. The first-order chi connectivity index (χ1) is 7.09. The van der Waals surface area contributed by atoms with Gasteiger partial charge in [-0.2, -0.15) is 11.3 Å². The molecule has 0 amide bonds. The van der Waals surface area contributed by atoms with Crippen LogP contribution in [0.3, 0.4) is 0 Å². The molecule has 2 aromatic heterocycles. The Morgan fingerprint density at radius 3 is 2.33 bits per heavy atom. The maximum absolute atomic E-state index is 6.51. The third-order valence-electron chi connectivity index (χ3n) is 2.52. The van der Waals surface area contributed by atoms with E-state index in [1.807, 2.05) is 11.3 Å². The van der Waals surface area contributed by atoms with Gasteiger partial charge in [-0.3, -0.25) is 0 Å². The lowest BCUT2D eigenvalue weighted by atomic mass is 10.0. The molecule has 3 heteroatoms. The van der Waals surface area contributed by atoms with Gasteiger partial charge in [-0.1, -0.05) is 0 Å². The molecule has 2 aromatic rings. The molecule has 0 saturated carbocycles. The molecule has 0 radical (unpaired) electrons. The van der Waals surface area contributed by atoms with E-state index in [1.54, 1.807) is 11.3 Å². The lowest BCUT2D eigenvalue weighted by Gasteiger charge is -2.08. The van der Waals surface area contributed by atoms with Crippen LogP contribution in [0.4, 0.5) is 0 Å². The molecule has 0 aliphatic heterocycles. The number of aryl methyl sites for hydroxylation is 3. The normalized spacial score (nSPS) is 13.1. The molecule has 80 valence electrons.